The van der Waals surface area contributed by atoms with Gasteiger partial charge in [0.15, 0.2) is 0 Å². The molecular formula is C15H23FN2O3. The lowest BCUT2D eigenvalue weighted by atomic mass is 10.2. The number of rotatable bonds is 9. The van der Waals surface area contributed by atoms with Gasteiger partial charge in [-0.1, -0.05) is 18.2 Å². The van der Waals surface area contributed by atoms with E-state index in [0.717, 1.165) is 0 Å². The van der Waals surface area contributed by atoms with Crippen LogP contribution in [0, 0.1) is 5.82 Å². The van der Waals surface area contributed by atoms with E-state index in [-0.39, 0.29) is 31.4 Å². The summed E-state index contributed by atoms with van der Waals surface area (Å²) in [6.07, 6.45) is 0. The van der Waals surface area contributed by atoms with Crippen LogP contribution in [0.4, 0.5) is 4.39 Å². The van der Waals surface area contributed by atoms with E-state index < -0.39 is 0 Å². The Morgan fingerprint density at radius 3 is 2.67 bits per heavy atom. The van der Waals surface area contributed by atoms with Crippen molar-refractivity contribution in [2.75, 3.05) is 47.0 Å². The quantitative estimate of drug-likeness (QED) is 0.730. The number of hydrogen-bond acceptors (Lipinski definition) is 4. The molecule has 0 spiro atoms. The molecule has 0 fully saturated rings. The van der Waals surface area contributed by atoms with E-state index in [1.54, 1.807) is 32.4 Å². The smallest absolute Gasteiger partial charge is 0.236 e. The monoisotopic (exact) mass is 298 g/mol. The number of likely N-dealkylation sites (N-methyl/N-ethyl adjacent to an activating group) is 1. The normalized spacial score (nSPS) is 10.9. The van der Waals surface area contributed by atoms with E-state index >= 15 is 0 Å². The van der Waals surface area contributed by atoms with Gasteiger partial charge in [-0.05, 0) is 6.07 Å². The molecule has 1 rings (SSSR count). The lowest BCUT2D eigenvalue weighted by molar-refractivity contribution is -0.131. The van der Waals surface area contributed by atoms with Crippen LogP contribution in [-0.2, 0) is 16.1 Å². The van der Waals surface area contributed by atoms with Gasteiger partial charge in [0.05, 0.1) is 19.8 Å². The minimum atomic E-state index is -0.316. The Hall–Kier alpha value is -1.50. The van der Waals surface area contributed by atoms with Crippen LogP contribution in [0.15, 0.2) is 24.3 Å². The van der Waals surface area contributed by atoms with Gasteiger partial charge in [0.25, 0.3) is 0 Å². The van der Waals surface area contributed by atoms with Crippen molar-refractivity contribution in [3.63, 3.8) is 0 Å². The van der Waals surface area contributed by atoms with E-state index in [4.69, 9.17) is 9.84 Å². The first-order valence-corrected chi connectivity index (χ1v) is 6.88. The minimum Gasteiger partial charge on any atom is -0.395 e. The number of carbonyl (C=O) groups is 1. The molecule has 1 N–H and O–H groups in total. The second kappa shape index (κ2) is 9.44. The molecule has 0 saturated heterocycles. The highest BCUT2D eigenvalue weighted by molar-refractivity contribution is 5.78. The molecule has 5 nitrogen and oxygen atoms in total. The fourth-order valence-corrected chi connectivity index (χ4v) is 1.91. The molecule has 21 heavy (non-hydrogen) atoms. The molecular weight excluding hydrogens is 275 g/mol. The fraction of sp³-hybridized carbons (Fsp3) is 0.533. The van der Waals surface area contributed by atoms with Crippen molar-refractivity contribution >= 4 is 5.91 Å². The molecule has 6 heteroatoms. The molecule has 0 aromatic heterocycles. The summed E-state index contributed by atoms with van der Waals surface area (Å²) in [6.45, 7) is 1.84. The molecule has 0 radical (unpaired) electrons. The predicted octanol–water partition coefficient (Wildman–Crippen LogP) is 0.725. The number of amides is 1. The van der Waals surface area contributed by atoms with Gasteiger partial charge < -0.3 is 14.7 Å². The Bertz CT molecular complexity index is 443. The van der Waals surface area contributed by atoms with Crippen molar-refractivity contribution in [1.29, 1.82) is 0 Å². The number of halogens is 1. The fourth-order valence-electron chi connectivity index (χ4n) is 1.91. The van der Waals surface area contributed by atoms with Gasteiger partial charge in [0, 0.05) is 39.4 Å². The lowest BCUT2D eigenvalue weighted by Gasteiger charge is -2.24. The van der Waals surface area contributed by atoms with Crippen LogP contribution in [-0.4, -0.2) is 67.8 Å². The first-order valence-electron chi connectivity index (χ1n) is 6.88. The number of ether oxygens (including phenoxy) is 1. The maximum absolute atomic E-state index is 13.6. The van der Waals surface area contributed by atoms with Crippen molar-refractivity contribution in [1.82, 2.24) is 9.80 Å². The number of benzene rings is 1. The second-order valence-electron chi connectivity index (χ2n) is 4.83. The highest BCUT2D eigenvalue weighted by Gasteiger charge is 2.15. The zero-order chi connectivity index (χ0) is 15.7. The molecule has 0 aliphatic heterocycles. The summed E-state index contributed by atoms with van der Waals surface area (Å²) in [5.74, 6) is -0.438. The number of aliphatic hydroxyl groups excluding tert-OH is 1. The highest BCUT2D eigenvalue weighted by atomic mass is 19.1. The molecule has 0 unspecified atom stereocenters. The molecule has 118 valence electrons. The van der Waals surface area contributed by atoms with Gasteiger partial charge in [0.2, 0.25) is 5.91 Å². The van der Waals surface area contributed by atoms with Crippen LogP contribution in [0.5, 0.6) is 0 Å². The van der Waals surface area contributed by atoms with E-state index in [1.807, 2.05) is 4.90 Å². The van der Waals surface area contributed by atoms with Crippen LogP contribution < -0.4 is 0 Å². The van der Waals surface area contributed by atoms with Crippen LogP contribution in [0.25, 0.3) is 0 Å². The number of hydrogen-bond donors (Lipinski definition) is 1. The maximum atomic E-state index is 13.6. The molecule has 0 aliphatic carbocycles. The Balaban J connectivity index is 2.54. The van der Waals surface area contributed by atoms with Gasteiger partial charge in [0.1, 0.15) is 5.82 Å². The molecule has 0 heterocycles. The molecule has 0 bridgehead atoms. The summed E-state index contributed by atoms with van der Waals surface area (Å²) >= 11 is 0. The van der Waals surface area contributed by atoms with Crippen molar-refractivity contribution < 1.29 is 19.0 Å². The van der Waals surface area contributed by atoms with Gasteiger partial charge in [-0.2, -0.15) is 0 Å². The summed E-state index contributed by atoms with van der Waals surface area (Å²) < 4.78 is 18.5. The van der Waals surface area contributed by atoms with E-state index in [1.165, 1.54) is 11.0 Å². The number of aliphatic hydroxyl groups is 1. The Labute approximate surface area is 124 Å². The van der Waals surface area contributed by atoms with Gasteiger partial charge in [-0.3, -0.25) is 9.69 Å². The largest absolute Gasteiger partial charge is 0.395 e. The zero-order valence-corrected chi connectivity index (χ0v) is 12.6. The van der Waals surface area contributed by atoms with Crippen LogP contribution >= 0.6 is 0 Å². The third-order valence-electron chi connectivity index (χ3n) is 3.18. The second-order valence-corrected chi connectivity index (χ2v) is 4.83. The molecule has 1 aromatic carbocycles. The summed E-state index contributed by atoms with van der Waals surface area (Å²) in [7, 11) is 3.23. The summed E-state index contributed by atoms with van der Waals surface area (Å²) in [4.78, 5) is 15.4. The third-order valence-corrected chi connectivity index (χ3v) is 3.18. The molecule has 1 amide bonds. The van der Waals surface area contributed by atoms with Crippen LogP contribution in [0.2, 0.25) is 0 Å². The summed E-state index contributed by atoms with van der Waals surface area (Å²) in [6, 6.07) is 6.40. The highest BCUT2D eigenvalue weighted by Crippen LogP contribution is 2.09. The topological polar surface area (TPSA) is 53.0 Å². The van der Waals surface area contributed by atoms with Crippen LogP contribution in [0.1, 0.15) is 5.56 Å². The summed E-state index contributed by atoms with van der Waals surface area (Å²) in [5, 5.41) is 9.00. The molecule has 0 aliphatic rings. The van der Waals surface area contributed by atoms with E-state index in [9.17, 15) is 9.18 Å². The predicted molar refractivity (Wildman–Crippen MR) is 78.3 cm³/mol. The van der Waals surface area contributed by atoms with Crippen molar-refractivity contribution in [2.24, 2.45) is 0 Å². The van der Waals surface area contributed by atoms with Crippen molar-refractivity contribution in [3.05, 3.63) is 35.6 Å². The number of methoxy groups -OCH3 is 1. The average molecular weight is 298 g/mol. The number of nitrogens with zero attached hydrogens (tertiary/aromatic N) is 2. The Morgan fingerprint density at radius 1 is 1.33 bits per heavy atom. The standard InChI is InChI=1S/C15H23FN2O3/c1-17(11-13-5-3-4-6-14(13)16)15(20)12-18(7-9-19)8-10-21-2/h3-6,19H,7-12H2,1-2H3. The lowest BCUT2D eigenvalue weighted by Crippen LogP contribution is -2.40. The third kappa shape index (κ3) is 6.20. The molecule has 0 saturated carbocycles. The number of carbonyl (C=O) groups excluding carboxylic acids is 1. The average Bonchev–Trinajstić information content (AvgIpc) is 2.47. The molecule has 0 atom stereocenters. The molecule has 1 aromatic rings. The van der Waals surface area contributed by atoms with Gasteiger partial charge in [-0.15, -0.1) is 0 Å². The minimum absolute atomic E-state index is 0.0198. The first kappa shape index (κ1) is 17.6. The maximum Gasteiger partial charge on any atom is 0.236 e. The Morgan fingerprint density at radius 2 is 2.05 bits per heavy atom. The SMILES string of the molecule is COCCN(CCO)CC(=O)N(C)Cc1ccccc1F. The van der Waals surface area contributed by atoms with Crippen molar-refractivity contribution in [2.45, 2.75) is 6.54 Å². The van der Waals surface area contributed by atoms with E-state index in [2.05, 4.69) is 0 Å². The zero-order valence-electron chi connectivity index (χ0n) is 12.6. The van der Waals surface area contributed by atoms with Crippen LogP contribution in [0.3, 0.4) is 0 Å². The summed E-state index contributed by atoms with van der Waals surface area (Å²) in [5.41, 5.74) is 0.485. The van der Waals surface area contributed by atoms with E-state index in [0.29, 0.717) is 25.3 Å². The first-order chi connectivity index (χ1) is 10.1. The van der Waals surface area contributed by atoms with Gasteiger partial charge >= 0.3 is 0 Å². The van der Waals surface area contributed by atoms with Crippen molar-refractivity contribution in [3.8, 4) is 0 Å². The Kier molecular flexibility index (Phi) is 7.89. The van der Waals surface area contributed by atoms with Gasteiger partial charge in [-0.25, -0.2) is 4.39 Å².